The summed E-state index contributed by atoms with van der Waals surface area (Å²) < 4.78 is 0. The molecule has 1 amide bonds. The molecule has 5 nitrogen and oxygen atoms in total. The molecule has 0 saturated carbocycles. The third-order valence-electron chi connectivity index (χ3n) is 2.90. The number of amides is 1. The van der Waals surface area contributed by atoms with Crippen molar-refractivity contribution in [2.24, 2.45) is 0 Å². The molecule has 2 aliphatic rings. The summed E-state index contributed by atoms with van der Waals surface area (Å²) in [5, 5.41) is 9.20. The van der Waals surface area contributed by atoms with Crippen molar-refractivity contribution < 1.29 is 14.7 Å². The first-order valence-corrected chi connectivity index (χ1v) is 6.48. The molecule has 2 heterocycles. The monoisotopic (exact) mass is 256 g/mol. The molecule has 0 spiro atoms. The lowest BCUT2D eigenvalue weighted by Crippen LogP contribution is -2.48. The quantitative estimate of drug-likeness (QED) is 0.741. The maximum absolute atomic E-state index is 11.4. The highest BCUT2D eigenvalue weighted by molar-refractivity contribution is 8.04. The molecule has 2 aliphatic heterocycles. The molecule has 1 atom stereocenters. The second-order valence-corrected chi connectivity index (χ2v) is 5.80. The number of fused-ring (bicyclic) bond motifs is 1. The number of allylic oxidation sites excluding steroid dienone is 1. The van der Waals surface area contributed by atoms with E-state index < -0.39 is 5.97 Å². The fourth-order valence-electron chi connectivity index (χ4n) is 2.06. The lowest BCUT2D eigenvalue weighted by atomic mass is 10.1. The number of hydrogen-bond acceptors (Lipinski definition) is 4. The molecule has 0 radical (unpaired) electrons. The van der Waals surface area contributed by atoms with E-state index in [1.54, 1.807) is 0 Å². The van der Waals surface area contributed by atoms with Crippen molar-refractivity contribution in [2.45, 2.75) is 24.6 Å². The number of carbonyl (C=O) groups excluding carboxylic acids is 1. The van der Waals surface area contributed by atoms with E-state index in [0.717, 1.165) is 24.3 Å². The predicted molar refractivity (Wildman–Crippen MR) is 65.3 cm³/mol. The summed E-state index contributed by atoms with van der Waals surface area (Å²) >= 11 is 1.54. The topological polar surface area (TPSA) is 60.9 Å². The third-order valence-corrected chi connectivity index (χ3v) is 4.23. The van der Waals surface area contributed by atoms with Crippen molar-refractivity contribution in [3.63, 3.8) is 0 Å². The van der Waals surface area contributed by atoms with Gasteiger partial charge in [0.15, 0.2) is 0 Å². The zero-order chi connectivity index (χ0) is 12.6. The molecule has 0 unspecified atom stereocenters. The Morgan fingerprint density at radius 1 is 1.59 bits per heavy atom. The van der Waals surface area contributed by atoms with E-state index >= 15 is 0 Å². The molecule has 94 valence electrons. The van der Waals surface area contributed by atoms with Gasteiger partial charge in [0.1, 0.15) is 5.70 Å². The minimum atomic E-state index is -0.979. The van der Waals surface area contributed by atoms with Gasteiger partial charge >= 0.3 is 5.97 Å². The van der Waals surface area contributed by atoms with Crippen LogP contribution in [0.2, 0.25) is 0 Å². The Labute approximate surface area is 104 Å². The van der Waals surface area contributed by atoms with Gasteiger partial charge in [-0.15, -0.1) is 11.8 Å². The summed E-state index contributed by atoms with van der Waals surface area (Å²) in [6.45, 7) is 0.926. The van der Waals surface area contributed by atoms with Crippen LogP contribution in [-0.2, 0) is 9.59 Å². The van der Waals surface area contributed by atoms with E-state index in [4.69, 9.17) is 5.11 Å². The van der Waals surface area contributed by atoms with Gasteiger partial charge in [-0.2, -0.15) is 0 Å². The van der Waals surface area contributed by atoms with E-state index in [9.17, 15) is 9.59 Å². The van der Waals surface area contributed by atoms with Crippen LogP contribution in [-0.4, -0.2) is 52.8 Å². The number of carboxylic acid groups (broad SMARTS) is 1. The average Bonchev–Trinajstić information content (AvgIpc) is 2.50. The zero-order valence-electron chi connectivity index (χ0n) is 9.97. The van der Waals surface area contributed by atoms with Crippen LogP contribution in [0.4, 0.5) is 0 Å². The first kappa shape index (κ1) is 12.4. The predicted octanol–water partition coefficient (Wildman–Crippen LogP) is 0.930. The maximum Gasteiger partial charge on any atom is 0.353 e. The van der Waals surface area contributed by atoms with Crippen molar-refractivity contribution in [2.75, 3.05) is 20.6 Å². The van der Waals surface area contributed by atoms with Crippen LogP contribution < -0.4 is 0 Å². The van der Waals surface area contributed by atoms with Crippen LogP contribution >= 0.6 is 11.8 Å². The van der Waals surface area contributed by atoms with Gasteiger partial charge in [0.25, 0.3) is 0 Å². The largest absolute Gasteiger partial charge is 0.477 e. The van der Waals surface area contributed by atoms with Crippen molar-refractivity contribution in [1.29, 1.82) is 0 Å². The molecule has 0 bridgehead atoms. The Kier molecular flexibility index (Phi) is 3.44. The van der Waals surface area contributed by atoms with E-state index in [0.29, 0.717) is 6.42 Å². The fourth-order valence-corrected chi connectivity index (χ4v) is 3.50. The number of β-lactam (4-membered cyclic amide) rings is 1. The van der Waals surface area contributed by atoms with Gasteiger partial charge < -0.3 is 10.0 Å². The van der Waals surface area contributed by atoms with Crippen LogP contribution in [0.3, 0.4) is 0 Å². The Bertz CT molecular complexity index is 392. The molecule has 0 aromatic rings. The van der Waals surface area contributed by atoms with Gasteiger partial charge in [0.05, 0.1) is 11.8 Å². The van der Waals surface area contributed by atoms with E-state index in [1.165, 1.54) is 16.7 Å². The SMILES string of the molecule is CN(C)CCCC1=C(C(=O)O)N2C(=O)C[C@@H]2S1. The fraction of sp³-hybridized carbons (Fsp3) is 0.636. The Morgan fingerprint density at radius 2 is 2.29 bits per heavy atom. The lowest BCUT2D eigenvalue weighted by Gasteiger charge is -2.33. The molecule has 0 aromatic carbocycles. The maximum atomic E-state index is 11.4. The molecule has 1 saturated heterocycles. The van der Waals surface area contributed by atoms with Gasteiger partial charge in [0, 0.05) is 4.91 Å². The molecular formula is C11H16N2O3S. The minimum Gasteiger partial charge on any atom is -0.477 e. The highest BCUT2D eigenvalue weighted by Crippen LogP contribution is 2.47. The van der Waals surface area contributed by atoms with E-state index in [2.05, 4.69) is 4.90 Å². The Morgan fingerprint density at radius 3 is 2.82 bits per heavy atom. The third kappa shape index (κ3) is 2.32. The summed E-state index contributed by atoms with van der Waals surface area (Å²) in [5.74, 6) is -1.05. The normalized spacial score (nSPS) is 23.1. The second kappa shape index (κ2) is 4.70. The zero-order valence-corrected chi connectivity index (χ0v) is 10.8. The van der Waals surface area contributed by atoms with Crippen LogP contribution in [0.25, 0.3) is 0 Å². The summed E-state index contributed by atoms with van der Waals surface area (Å²) in [5.41, 5.74) is 0.218. The molecule has 6 heteroatoms. The van der Waals surface area contributed by atoms with Gasteiger partial charge in [-0.1, -0.05) is 0 Å². The Hall–Kier alpha value is -1.01. The number of nitrogens with zero attached hydrogens (tertiary/aromatic N) is 2. The number of aliphatic carboxylic acids is 1. The van der Waals surface area contributed by atoms with Crippen LogP contribution in [0.15, 0.2) is 10.6 Å². The first-order valence-electron chi connectivity index (χ1n) is 5.60. The molecular weight excluding hydrogens is 240 g/mol. The van der Waals surface area contributed by atoms with Crippen molar-refractivity contribution in [3.8, 4) is 0 Å². The van der Waals surface area contributed by atoms with Crippen molar-refractivity contribution in [3.05, 3.63) is 10.6 Å². The Balaban J connectivity index is 2.04. The summed E-state index contributed by atoms with van der Waals surface area (Å²) in [6, 6.07) is 0. The van der Waals surface area contributed by atoms with Gasteiger partial charge in [-0.25, -0.2) is 4.79 Å². The van der Waals surface area contributed by atoms with Gasteiger partial charge in [-0.05, 0) is 33.5 Å². The smallest absolute Gasteiger partial charge is 0.353 e. The van der Waals surface area contributed by atoms with Gasteiger partial charge in [-0.3, -0.25) is 9.69 Å². The summed E-state index contributed by atoms with van der Waals surface area (Å²) in [4.78, 5) is 26.9. The van der Waals surface area contributed by atoms with Crippen molar-refractivity contribution >= 4 is 23.6 Å². The number of carbonyl (C=O) groups is 2. The molecule has 0 aromatic heterocycles. The number of hydrogen-bond donors (Lipinski definition) is 1. The van der Waals surface area contributed by atoms with Crippen LogP contribution in [0.5, 0.6) is 0 Å². The number of rotatable bonds is 5. The van der Waals surface area contributed by atoms with Crippen LogP contribution in [0, 0.1) is 0 Å². The van der Waals surface area contributed by atoms with E-state index in [1.807, 2.05) is 14.1 Å². The molecule has 1 fully saturated rings. The highest BCUT2D eigenvalue weighted by Gasteiger charge is 2.47. The minimum absolute atomic E-state index is 0.0444. The molecule has 0 aliphatic carbocycles. The molecule has 17 heavy (non-hydrogen) atoms. The van der Waals surface area contributed by atoms with E-state index in [-0.39, 0.29) is 17.0 Å². The molecule has 2 rings (SSSR count). The second-order valence-electron chi connectivity index (χ2n) is 4.52. The van der Waals surface area contributed by atoms with Crippen molar-refractivity contribution in [1.82, 2.24) is 9.80 Å². The first-order chi connectivity index (χ1) is 8.00. The lowest BCUT2D eigenvalue weighted by molar-refractivity contribution is -0.145. The van der Waals surface area contributed by atoms with Gasteiger partial charge in [0.2, 0.25) is 5.91 Å². The standard InChI is InChI=1S/C11H16N2O3S/c1-12(2)5-3-4-7-10(11(15)16)13-8(14)6-9(13)17-7/h9H,3-6H2,1-2H3,(H,15,16)/t9-/m0/s1. The highest BCUT2D eigenvalue weighted by atomic mass is 32.2. The summed E-state index contributed by atoms with van der Waals surface area (Å²) in [6.07, 6.45) is 2.13. The molecule has 1 N–H and O–H groups in total. The number of carboxylic acids is 1. The number of thioether (sulfide) groups is 1. The average molecular weight is 256 g/mol. The van der Waals surface area contributed by atoms with Crippen LogP contribution in [0.1, 0.15) is 19.3 Å². The summed E-state index contributed by atoms with van der Waals surface area (Å²) in [7, 11) is 3.98.